The smallest absolute Gasteiger partial charge is 0.321 e. The van der Waals surface area contributed by atoms with E-state index in [-0.39, 0.29) is 17.4 Å². The number of para-hydroxylation sites is 1. The summed E-state index contributed by atoms with van der Waals surface area (Å²) in [6, 6.07) is 6.59. The number of aromatic nitrogens is 2. The number of thioether (sulfide) groups is 1. The number of ether oxygens (including phenoxy) is 1. The molecule has 9 heteroatoms. The first kappa shape index (κ1) is 21.3. The van der Waals surface area contributed by atoms with Crippen LogP contribution in [0.3, 0.4) is 0 Å². The van der Waals surface area contributed by atoms with Gasteiger partial charge >= 0.3 is 6.03 Å². The number of rotatable bonds is 5. The molecule has 1 unspecified atom stereocenters. The molecule has 8 nitrogen and oxygen atoms in total. The van der Waals surface area contributed by atoms with Crippen molar-refractivity contribution in [1.29, 1.82) is 0 Å². The molecule has 0 aliphatic carbocycles. The topological polar surface area (TPSA) is 102 Å². The van der Waals surface area contributed by atoms with Crippen molar-refractivity contribution < 1.29 is 14.3 Å². The molecular weight excluding hydrogens is 392 g/mol. The van der Waals surface area contributed by atoms with Crippen LogP contribution in [0.15, 0.2) is 34.2 Å². The molecule has 1 fully saturated rings. The number of fused-ring (bicyclic) bond motifs is 1. The second-order valence-corrected chi connectivity index (χ2v) is 8.95. The second-order valence-electron chi connectivity index (χ2n) is 8.00. The first-order valence-electron chi connectivity index (χ1n) is 9.59. The van der Waals surface area contributed by atoms with Gasteiger partial charge in [0.05, 0.1) is 29.3 Å². The summed E-state index contributed by atoms with van der Waals surface area (Å²) < 4.78 is 7.25. The third-order valence-corrected chi connectivity index (χ3v) is 5.29. The van der Waals surface area contributed by atoms with Crippen LogP contribution in [0.1, 0.15) is 33.6 Å². The number of benzene rings is 1. The molecule has 0 spiro atoms. The van der Waals surface area contributed by atoms with Crippen LogP contribution in [0.5, 0.6) is 0 Å². The zero-order chi connectivity index (χ0) is 21.0. The first-order chi connectivity index (χ1) is 13.7. The zero-order valence-electron chi connectivity index (χ0n) is 16.9. The number of nitrogens with one attached hydrogen (secondary N) is 2. The number of hydrogen-bond donors (Lipinski definition) is 2. The average molecular weight is 419 g/mol. The Morgan fingerprint density at radius 2 is 2.07 bits per heavy atom. The van der Waals surface area contributed by atoms with Gasteiger partial charge in [0.1, 0.15) is 0 Å². The van der Waals surface area contributed by atoms with E-state index in [1.54, 1.807) is 22.8 Å². The molecule has 0 saturated carbocycles. The van der Waals surface area contributed by atoms with Crippen LogP contribution in [-0.4, -0.2) is 45.5 Å². The lowest BCUT2D eigenvalue weighted by Crippen LogP contribution is -2.48. The van der Waals surface area contributed by atoms with E-state index in [1.165, 1.54) is 0 Å². The zero-order valence-corrected chi connectivity index (χ0v) is 17.7. The fourth-order valence-electron chi connectivity index (χ4n) is 3.08. The summed E-state index contributed by atoms with van der Waals surface area (Å²) >= 11 is 1.13. The number of carbonyl (C=O) groups excluding carboxylic acids is 2. The minimum atomic E-state index is -0.550. The van der Waals surface area contributed by atoms with Crippen molar-refractivity contribution in [1.82, 2.24) is 20.2 Å². The van der Waals surface area contributed by atoms with E-state index in [0.29, 0.717) is 29.2 Å². The fraction of sp³-hybridized carbons (Fsp3) is 0.500. The van der Waals surface area contributed by atoms with E-state index in [4.69, 9.17) is 4.74 Å². The molecule has 3 rings (SSSR count). The number of urea groups is 1. The Balaban J connectivity index is 1.77. The maximum atomic E-state index is 13.0. The summed E-state index contributed by atoms with van der Waals surface area (Å²) in [4.78, 5) is 41.6. The van der Waals surface area contributed by atoms with Gasteiger partial charge in [-0.1, -0.05) is 23.9 Å². The maximum Gasteiger partial charge on any atom is 0.321 e. The van der Waals surface area contributed by atoms with E-state index < -0.39 is 17.5 Å². The van der Waals surface area contributed by atoms with Crippen molar-refractivity contribution in [2.45, 2.75) is 57.0 Å². The molecule has 2 heterocycles. The van der Waals surface area contributed by atoms with Crippen LogP contribution in [0.4, 0.5) is 4.79 Å². The van der Waals surface area contributed by atoms with Gasteiger partial charge in [-0.3, -0.25) is 19.5 Å². The summed E-state index contributed by atoms with van der Waals surface area (Å²) in [6.07, 6.45) is 1.81. The molecule has 1 aromatic carbocycles. The summed E-state index contributed by atoms with van der Waals surface area (Å²) in [5, 5.41) is 5.95. The van der Waals surface area contributed by atoms with Gasteiger partial charge in [0.2, 0.25) is 5.91 Å². The molecule has 0 bridgehead atoms. The molecule has 1 aliphatic rings. The average Bonchev–Trinajstić information content (AvgIpc) is 3.14. The predicted octanol–water partition coefficient (Wildman–Crippen LogP) is 2.29. The number of amides is 3. The van der Waals surface area contributed by atoms with E-state index in [1.807, 2.05) is 26.8 Å². The Morgan fingerprint density at radius 1 is 1.31 bits per heavy atom. The number of imide groups is 1. The van der Waals surface area contributed by atoms with Crippen LogP contribution in [0.2, 0.25) is 0 Å². The molecule has 3 amide bonds. The molecule has 29 heavy (non-hydrogen) atoms. The Labute approximate surface area is 173 Å². The molecular formula is C20H26N4O4S. The fourth-order valence-corrected chi connectivity index (χ4v) is 3.88. The minimum Gasteiger partial charge on any atom is -0.376 e. The molecule has 0 radical (unpaired) electrons. The maximum absolute atomic E-state index is 13.0. The monoisotopic (exact) mass is 418 g/mol. The van der Waals surface area contributed by atoms with Crippen LogP contribution >= 0.6 is 11.8 Å². The van der Waals surface area contributed by atoms with Gasteiger partial charge in [-0.05, 0) is 45.7 Å². The third kappa shape index (κ3) is 5.80. The van der Waals surface area contributed by atoms with Gasteiger partial charge in [0.15, 0.2) is 5.16 Å². The highest BCUT2D eigenvalue weighted by molar-refractivity contribution is 7.99. The number of hydrogen-bond acceptors (Lipinski definition) is 6. The van der Waals surface area contributed by atoms with Gasteiger partial charge in [-0.25, -0.2) is 9.78 Å². The first-order valence-corrected chi connectivity index (χ1v) is 10.6. The van der Waals surface area contributed by atoms with Crippen molar-refractivity contribution in [2.24, 2.45) is 0 Å². The van der Waals surface area contributed by atoms with Gasteiger partial charge in [-0.15, -0.1) is 0 Å². The van der Waals surface area contributed by atoms with E-state index in [0.717, 1.165) is 24.6 Å². The third-order valence-electron chi connectivity index (χ3n) is 4.31. The Morgan fingerprint density at radius 3 is 2.76 bits per heavy atom. The molecule has 1 aliphatic heterocycles. The number of nitrogens with zero attached hydrogens (tertiary/aromatic N) is 2. The van der Waals surface area contributed by atoms with Gasteiger partial charge in [0.25, 0.3) is 5.56 Å². The quantitative estimate of drug-likeness (QED) is 0.571. The van der Waals surface area contributed by atoms with Crippen molar-refractivity contribution in [3.63, 3.8) is 0 Å². The van der Waals surface area contributed by atoms with E-state index >= 15 is 0 Å². The lowest BCUT2D eigenvalue weighted by atomic mass is 10.1. The molecule has 2 aromatic rings. The molecule has 1 atom stereocenters. The van der Waals surface area contributed by atoms with Crippen LogP contribution in [0.25, 0.3) is 10.9 Å². The highest BCUT2D eigenvalue weighted by Gasteiger charge is 2.21. The van der Waals surface area contributed by atoms with E-state index in [9.17, 15) is 14.4 Å². The van der Waals surface area contributed by atoms with Crippen molar-refractivity contribution >= 4 is 34.6 Å². The molecule has 2 N–H and O–H groups in total. The highest BCUT2D eigenvalue weighted by atomic mass is 32.2. The van der Waals surface area contributed by atoms with Crippen LogP contribution in [-0.2, 0) is 16.1 Å². The van der Waals surface area contributed by atoms with Gasteiger partial charge < -0.3 is 10.1 Å². The van der Waals surface area contributed by atoms with Crippen molar-refractivity contribution in [2.75, 3.05) is 12.4 Å². The van der Waals surface area contributed by atoms with Gasteiger partial charge in [-0.2, -0.15) is 0 Å². The summed E-state index contributed by atoms with van der Waals surface area (Å²) in [5.74, 6) is -0.490. The SMILES string of the molecule is CC(C)(C)NC(=O)NC(=O)CSc1nc2ccccc2c(=O)n1CC1CCCO1. The Bertz CT molecular complexity index is 961. The summed E-state index contributed by atoms with van der Waals surface area (Å²) in [7, 11) is 0. The number of carbonyl (C=O) groups is 2. The summed E-state index contributed by atoms with van der Waals surface area (Å²) in [6.45, 7) is 6.57. The normalized spacial score (nSPS) is 16.7. The van der Waals surface area contributed by atoms with Gasteiger partial charge in [0, 0.05) is 12.1 Å². The van der Waals surface area contributed by atoms with Crippen molar-refractivity contribution in [3.8, 4) is 0 Å². The minimum absolute atomic E-state index is 0.0339. The summed E-state index contributed by atoms with van der Waals surface area (Å²) in [5.41, 5.74) is -0.0203. The standard InChI is InChI=1S/C20H26N4O4S/c1-20(2,3)23-18(27)22-16(25)12-29-19-21-15-9-5-4-8-14(15)17(26)24(19)11-13-7-6-10-28-13/h4-5,8-9,13H,6-7,10-12H2,1-3H3,(H2,22,23,25,27). The molecule has 1 aromatic heterocycles. The Kier molecular flexibility index (Phi) is 6.59. The van der Waals surface area contributed by atoms with E-state index in [2.05, 4.69) is 15.6 Å². The lowest BCUT2D eigenvalue weighted by Gasteiger charge is -2.20. The van der Waals surface area contributed by atoms with Crippen LogP contribution < -0.4 is 16.2 Å². The van der Waals surface area contributed by atoms with Crippen LogP contribution in [0, 0.1) is 0 Å². The predicted molar refractivity (Wildman–Crippen MR) is 112 cm³/mol. The second kappa shape index (κ2) is 8.96. The van der Waals surface area contributed by atoms with Crippen molar-refractivity contribution in [3.05, 3.63) is 34.6 Å². The highest BCUT2D eigenvalue weighted by Crippen LogP contribution is 2.20. The lowest BCUT2D eigenvalue weighted by molar-refractivity contribution is -0.117. The molecule has 1 saturated heterocycles. The largest absolute Gasteiger partial charge is 0.376 e. The Hall–Kier alpha value is -2.39. The molecule has 156 valence electrons.